The van der Waals surface area contributed by atoms with Gasteiger partial charge >= 0.3 is 0 Å². The van der Waals surface area contributed by atoms with Crippen molar-refractivity contribution in [1.29, 1.82) is 0 Å². The number of nitrogens with one attached hydrogen (secondary N) is 1. The largest absolute Gasteiger partial charge is 0.495 e. The highest BCUT2D eigenvalue weighted by Gasteiger charge is 2.30. The van der Waals surface area contributed by atoms with Crippen molar-refractivity contribution in [2.75, 3.05) is 19.4 Å². The molecular weight excluding hydrogens is 356 g/mol. The van der Waals surface area contributed by atoms with Crippen LogP contribution >= 0.6 is 11.6 Å². The molecule has 1 aromatic carbocycles. The van der Waals surface area contributed by atoms with Crippen LogP contribution in [-0.4, -0.2) is 36.3 Å². The molecule has 0 bridgehead atoms. The van der Waals surface area contributed by atoms with Crippen molar-refractivity contribution < 1.29 is 13.2 Å². The third-order valence-corrected chi connectivity index (χ3v) is 5.95. The van der Waals surface area contributed by atoms with Crippen LogP contribution in [0.15, 0.2) is 27.9 Å². The second-order valence-electron chi connectivity index (χ2n) is 5.26. The Balaban J connectivity index is 1.97. The molecule has 10 heteroatoms. The lowest BCUT2D eigenvalue weighted by molar-refractivity contribution is 0.383. The monoisotopic (exact) mass is 370 g/mol. The predicted octanol–water partition coefficient (Wildman–Crippen LogP) is 0.761. The molecule has 0 amide bonds. The number of halogens is 1. The number of methoxy groups -OCH3 is 1. The molecule has 0 saturated heterocycles. The molecule has 3 rings (SSSR count). The Morgan fingerprint density at radius 3 is 2.83 bits per heavy atom. The average molecular weight is 371 g/mol. The molecule has 2 aromatic rings. The average Bonchev–Trinajstić information content (AvgIpc) is 2.54. The lowest BCUT2D eigenvalue weighted by Crippen LogP contribution is -2.39. The van der Waals surface area contributed by atoms with E-state index in [0.717, 1.165) is 0 Å². The normalized spacial score (nSPS) is 15.1. The fraction of sp³-hybridized carbons (Fsp3) is 0.286. The molecule has 0 atom stereocenters. The number of nitrogens with zero attached hydrogens (tertiary/aromatic N) is 2. The number of aromatic nitrogens is 2. The molecule has 1 aromatic heterocycles. The standard InChI is InChI=1S/C14H15ClN4O4S/c1-23-12-3-2-8(6-10(12)15)24(21,22)19-5-4-9-11(7-19)17-14(16)18-13(9)20/h2-3,6H,4-5,7H2,1H3,(H3,16,17,18,20). The second kappa shape index (κ2) is 6.08. The SMILES string of the molecule is COc1ccc(S(=O)(=O)N2CCc3c(nc(N)[nH]c3=O)C2)cc1Cl. The molecule has 128 valence electrons. The van der Waals surface area contributed by atoms with Crippen molar-refractivity contribution in [1.82, 2.24) is 14.3 Å². The van der Waals surface area contributed by atoms with Gasteiger partial charge in [-0.2, -0.15) is 4.31 Å². The molecule has 1 aliphatic rings. The van der Waals surface area contributed by atoms with Crippen LogP contribution in [0.2, 0.25) is 5.02 Å². The first kappa shape index (κ1) is 16.7. The molecule has 0 fully saturated rings. The maximum absolute atomic E-state index is 12.8. The molecule has 24 heavy (non-hydrogen) atoms. The summed E-state index contributed by atoms with van der Waals surface area (Å²) >= 11 is 6.01. The zero-order valence-electron chi connectivity index (χ0n) is 12.7. The molecule has 0 saturated carbocycles. The fourth-order valence-corrected chi connectivity index (χ4v) is 4.35. The zero-order valence-corrected chi connectivity index (χ0v) is 14.3. The van der Waals surface area contributed by atoms with E-state index in [2.05, 4.69) is 9.97 Å². The second-order valence-corrected chi connectivity index (χ2v) is 7.61. The maximum atomic E-state index is 12.8. The lowest BCUT2D eigenvalue weighted by atomic mass is 10.1. The predicted molar refractivity (Wildman–Crippen MR) is 88.6 cm³/mol. The van der Waals surface area contributed by atoms with Crippen LogP contribution < -0.4 is 16.0 Å². The van der Waals surface area contributed by atoms with Crippen molar-refractivity contribution in [2.24, 2.45) is 0 Å². The summed E-state index contributed by atoms with van der Waals surface area (Å²) in [5.74, 6) is 0.353. The van der Waals surface area contributed by atoms with Crippen LogP contribution in [-0.2, 0) is 23.0 Å². The van der Waals surface area contributed by atoms with Crippen molar-refractivity contribution >= 4 is 27.6 Å². The molecule has 0 spiro atoms. The summed E-state index contributed by atoms with van der Waals surface area (Å²) in [5, 5.41) is 0.204. The van der Waals surface area contributed by atoms with Gasteiger partial charge in [-0.3, -0.25) is 9.78 Å². The van der Waals surface area contributed by atoms with Crippen molar-refractivity contribution in [2.45, 2.75) is 17.9 Å². The van der Waals surface area contributed by atoms with Crippen LogP contribution in [0.1, 0.15) is 11.3 Å². The number of benzene rings is 1. The van der Waals surface area contributed by atoms with E-state index in [1.54, 1.807) is 0 Å². The smallest absolute Gasteiger partial charge is 0.255 e. The minimum Gasteiger partial charge on any atom is -0.495 e. The molecule has 8 nitrogen and oxygen atoms in total. The van der Waals surface area contributed by atoms with E-state index in [-0.39, 0.29) is 40.9 Å². The van der Waals surface area contributed by atoms with E-state index in [1.165, 1.54) is 29.6 Å². The number of fused-ring (bicyclic) bond motifs is 1. The van der Waals surface area contributed by atoms with E-state index in [1.807, 2.05) is 0 Å². The van der Waals surface area contributed by atoms with Crippen molar-refractivity contribution in [3.63, 3.8) is 0 Å². The van der Waals surface area contributed by atoms with Gasteiger partial charge in [-0.25, -0.2) is 13.4 Å². The van der Waals surface area contributed by atoms with Crippen LogP contribution in [0.3, 0.4) is 0 Å². The molecule has 0 aliphatic carbocycles. The molecule has 1 aliphatic heterocycles. The minimum atomic E-state index is -3.78. The molecular formula is C14H15ClN4O4S. The van der Waals surface area contributed by atoms with Gasteiger partial charge in [-0.05, 0) is 24.6 Å². The van der Waals surface area contributed by atoms with Gasteiger partial charge in [0.15, 0.2) is 0 Å². The number of nitrogens with two attached hydrogens (primary N) is 1. The third kappa shape index (κ3) is 2.85. The highest BCUT2D eigenvalue weighted by Crippen LogP contribution is 2.29. The molecule has 2 heterocycles. The first-order valence-electron chi connectivity index (χ1n) is 7.04. The number of hydrogen-bond donors (Lipinski definition) is 2. The zero-order chi connectivity index (χ0) is 17.5. The Labute approximate surface area is 143 Å². The quantitative estimate of drug-likeness (QED) is 0.823. The summed E-state index contributed by atoms with van der Waals surface area (Å²) in [6.07, 6.45) is 0.265. The summed E-state index contributed by atoms with van der Waals surface area (Å²) in [7, 11) is -2.33. The van der Waals surface area contributed by atoms with Gasteiger partial charge in [-0.15, -0.1) is 0 Å². The number of ether oxygens (including phenoxy) is 1. The Morgan fingerprint density at radius 1 is 1.42 bits per heavy atom. The fourth-order valence-electron chi connectivity index (χ4n) is 2.60. The number of anilines is 1. The topological polar surface area (TPSA) is 118 Å². The Hall–Kier alpha value is -2.10. The van der Waals surface area contributed by atoms with Crippen molar-refractivity contribution in [3.05, 3.63) is 44.8 Å². The van der Waals surface area contributed by atoms with E-state index in [0.29, 0.717) is 17.0 Å². The molecule has 0 unspecified atom stereocenters. The number of sulfonamides is 1. The van der Waals surface area contributed by atoms with E-state index >= 15 is 0 Å². The lowest BCUT2D eigenvalue weighted by Gasteiger charge is -2.27. The summed E-state index contributed by atoms with van der Waals surface area (Å²) in [6, 6.07) is 4.26. The van der Waals surface area contributed by atoms with Gasteiger partial charge in [0.2, 0.25) is 16.0 Å². The Bertz CT molecular complexity index is 958. The van der Waals surface area contributed by atoms with Gasteiger partial charge in [0.25, 0.3) is 5.56 Å². The first-order chi connectivity index (χ1) is 11.3. The number of rotatable bonds is 3. The van der Waals surface area contributed by atoms with Crippen LogP contribution in [0.25, 0.3) is 0 Å². The number of H-pyrrole nitrogens is 1. The summed E-state index contributed by atoms with van der Waals surface area (Å²) in [4.78, 5) is 18.4. The van der Waals surface area contributed by atoms with Gasteiger partial charge in [0, 0.05) is 12.1 Å². The van der Waals surface area contributed by atoms with Gasteiger partial charge in [-0.1, -0.05) is 11.6 Å². The molecule has 3 N–H and O–H groups in total. The van der Waals surface area contributed by atoms with E-state index < -0.39 is 10.0 Å². The summed E-state index contributed by atoms with van der Waals surface area (Å²) in [6.45, 7) is 0.156. The third-order valence-electron chi connectivity index (χ3n) is 3.82. The summed E-state index contributed by atoms with van der Waals surface area (Å²) < 4.78 is 31.9. The highest BCUT2D eigenvalue weighted by molar-refractivity contribution is 7.89. The van der Waals surface area contributed by atoms with Crippen LogP contribution in [0.4, 0.5) is 5.95 Å². The minimum absolute atomic E-state index is 0.0184. The van der Waals surface area contributed by atoms with E-state index in [9.17, 15) is 13.2 Å². The number of aromatic amines is 1. The van der Waals surface area contributed by atoms with Crippen LogP contribution in [0.5, 0.6) is 5.75 Å². The van der Waals surface area contributed by atoms with Gasteiger partial charge in [0.05, 0.1) is 29.3 Å². The number of hydrogen-bond acceptors (Lipinski definition) is 6. The number of nitrogen functional groups attached to an aromatic ring is 1. The first-order valence-corrected chi connectivity index (χ1v) is 8.86. The maximum Gasteiger partial charge on any atom is 0.255 e. The summed E-state index contributed by atoms with van der Waals surface area (Å²) in [5.41, 5.74) is 6.03. The van der Waals surface area contributed by atoms with E-state index in [4.69, 9.17) is 22.1 Å². The molecule has 0 radical (unpaired) electrons. The van der Waals surface area contributed by atoms with Gasteiger partial charge in [0.1, 0.15) is 5.75 Å². The van der Waals surface area contributed by atoms with Crippen LogP contribution in [0, 0.1) is 0 Å². The van der Waals surface area contributed by atoms with Crippen molar-refractivity contribution in [3.8, 4) is 5.75 Å². The Kier molecular flexibility index (Phi) is 4.24. The van der Waals surface area contributed by atoms with Gasteiger partial charge < -0.3 is 10.5 Å². The highest BCUT2D eigenvalue weighted by atomic mass is 35.5. The Morgan fingerprint density at radius 2 is 2.17 bits per heavy atom.